The largest absolute Gasteiger partial charge is 0.477 e. The SMILES string of the molecule is Cc1nc(COCC(F)(F)C(F)F)nc(N)c1C(=O)O. The average molecular weight is 297 g/mol. The van der Waals surface area contributed by atoms with Crippen LogP contribution in [0.1, 0.15) is 21.9 Å². The zero-order chi connectivity index (χ0) is 15.5. The van der Waals surface area contributed by atoms with Gasteiger partial charge in [-0.1, -0.05) is 0 Å². The van der Waals surface area contributed by atoms with E-state index in [1.165, 1.54) is 6.92 Å². The Morgan fingerprint density at radius 1 is 1.45 bits per heavy atom. The van der Waals surface area contributed by atoms with Gasteiger partial charge in [-0.15, -0.1) is 0 Å². The number of aryl methyl sites for hydroxylation is 1. The molecule has 0 fully saturated rings. The van der Waals surface area contributed by atoms with Crippen LogP contribution in [0.5, 0.6) is 0 Å². The highest BCUT2D eigenvalue weighted by atomic mass is 19.3. The fourth-order valence-corrected chi connectivity index (χ4v) is 1.33. The van der Waals surface area contributed by atoms with E-state index >= 15 is 0 Å². The van der Waals surface area contributed by atoms with Gasteiger partial charge in [0.2, 0.25) is 0 Å². The van der Waals surface area contributed by atoms with Gasteiger partial charge in [0.15, 0.2) is 5.82 Å². The van der Waals surface area contributed by atoms with E-state index in [4.69, 9.17) is 10.8 Å². The maximum Gasteiger partial charge on any atom is 0.341 e. The predicted molar refractivity (Wildman–Crippen MR) is 58.7 cm³/mol. The molecule has 0 aliphatic rings. The summed E-state index contributed by atoms with van der Waals surface area (Å²) in [7, 11) is 0. The molecule has 0 aliphatic heterocycles. The Morgan fingerprint density at radius 2 is 2.05 bits per heavy atom. The number of aromatic nitrogens is 2. The minimum Gasteiger partial charge on any atom is -0.477 e. The van der Waals surface area contributed by atoms with Gasteiger partial charge in [0.25, 0.3) is 0 Å². The summed E-state index contributed by atoms with van der Waals surface area (Å²) in [4.78, 5) is 18.0. The summed E-state index contributed by atoms with van der Waals surface area (Å²) in [6, 6.07) is 0. The molecule has 1 heterocycles. The number of nitrogens with two attached hydrogens (primary N) is 1. The van der Waals surface area contributed by atoms with Gasteiger partial charge in [0.1, 0.15) is 24.6 Å². The molecular formula is C10H11F4N3O3. The monoisotopic (exact) mass is 297 g/mol. The Balaban J connectivity index is 2.74. The minimum absolute atomic E-state index is 0.0178. The van der Waals surface area contributed by atoms with Gasteiger partial charge in [-0.25, -0.2) is 23.5 Å². The number of anilines is 1. The predicted octanol–water partition coefficient (Wildman–Crippen LogP) is 1.48. The molecule has 3 N–H and O–H groups in total. The van der Waals surface area contributed by atoms with Crippen molar-refractivity contribution in [2.45, 2.75) is 25.9 Å². The molecule has 1 aromatic heterocycles. The van der Waals surface area contributed by atoms with Crippen molar-refractivity contribution in [2.75, 3.05) is 12.3 Å². The number of nitrogens with zero attached hydrogens (tertiary/aromatic N) is 2. The second-order valence-electron chi connectivity index (χ2n) is 3.85. The molecule has 0 saturated carbocycles. The van der Waals surface area contributed by atoms with Crippen molar-refractivity contribution in [2.24, 2.45) is 0 Å². The lowest BCUT2D eigenvalue weighted by atomic mass is 10.2. The number of alkyl halides is 4. The van der Waals surface area contributed by atoms with Crippen molar-refractivity contribution in [1.82, 2.24) is 9.97 Å². The van der Waals surface area contributed by atoms with Crippen LogP contribution in [-0.4, -0.2) is 40.0 Å². The van der Waals surface area contributed by atoms with E-state index in [9.17, 15) is 22.4 Å². The molecule has 6 nitrogen and oxygen atoms in total. The van der Waals surface area contributed by atoms with Crippen LogP contribution >= 0.6 is 0 Å². The maximum atomic E-state index is 12.6. The average Bonchev–Trinajstić information content (AvgIpc) is 2.26. The summed E-state index contributed by atoms with van der Waals surface area (Å²) in [5.41, 5.74) is 5.08. The molecular weight excluding hydrogens is 286 g/mol. The van der Waals surface area contributed by atoms with E-state index in [2.05, 4.69) is 14.7 Å². The molecule has 0 unspecified atom stereocenters. The van der Waals surface area contributed by atoms with E-state index in [-0.39, 0.29) is 22.9 Å². The first-order chi connectivity index (χ1) is 9.15. The number of aromatic carboxylic acids is 1. The number of halogens is 4. The van der Waals surface area contributed by atoms with Gasteiger partial charge >= 0.3 is 18.3 Å². The van der Waals surface area contributed by atoms with Crippen molar-refractivity contribution in [3.63, 3.8) is 0 Å². The van der Waals surface area contributed by atoms with Crippen LogP contribution in [-0.2, 0) is 11.3 Å². The highest BCUT2D eigenvalue weighted by Gasteiger charge is 2.41. The van der Waals surface area contributed by atoms with Crippen LogP contribution in [0, 0.1) is 6.92 Å². The number of hydrogen-bond acceptors (Lipinski definition) is 5. The molecule has 0 aliphatic carbocycles. The van der Waals surface area contributed by atoms with E-state index < -0.39 is 31.5 Å². The molecule has 0 radical (unpaired) electrons. The molecule has 0 aromatic carbocycles. The summed E-state index contributed by atoms with van der Waals surface area (Å²) < 4.78 is 53.2. The topological polar surface area (TPSA) is 98.3 Å². The van der Waals surface area contributed by atoms with Gasteiger partial charge in [0, 0.05) is 0 Å². The van der Waals surface area contributed by atoms with Gasteiger partial charge in [-0.05, 0) is 6.92 Å². The molecule has 0 saturated heterocycles. The zero-order valence-electron chi connectivity index (χ0n) is 10.2. The molecule has 20 heavy (non-hydrogen) atoms. The molecule has 0 bridgehead atoms. The van der Waals surface area contributed by atoms with Gasteiger partial charge in [0.05, 0.1) is 5.69 Å². The van der Waals surface area contributed by atoms with Crippen LogP contribution in [0.25, 0.3) is 0 Å². The summed E-state index contributed by atoms with van der Waals surface area (Å²) in [6.45, 7) is -0.764. The minimum atomic E-state index is -4.28. The third kappa shape index (κ3) is 3.76. The second kappa shape index (κ2) is 5.99. The second-order valence-corrected chi connectivity index (χ2v) is 3.85. The van der Waals surface area contributed by atoms with Crippen molar-refractivity contribution >= 4 is 11.8 Å². The molecule has 0 amide bonds. The normalized spacial score (nSPS) is 11.9. The summed E-state index contributed by atoms with van der Waals surface area (Å²) in [5.74, 6) is -6.14. The highest BCUT2D eigenvalue weighted by molar-refractivity contribution is 5.93. The van der Waals surface area contributed by atoms with Gasteiger partial charge in [-0.2, -0.15) is 8.78 Å². The molecule has 112 valence electrons. The van der Waals surface area contributed by atoms with Crippen molar-refractivity contribution < 1.29 is 32.2 Å². The van der Waals surface area contributed by atoms with Crippen molar-refractivity contribution in [3.05, 3.63) is 17.1 Å². The fourth-order valence-electron chi connectivity index (χ4n) is 1.33. The number of nitrogen functional groups attached to an aromatic ring is 1. The third-order valence-electron chi connectivity index (χ3n) is 2.22. The first-order valence-corrected chi connectivity index (χ1v) is 5.25. The zero-order valence-corrected chi connectivity index (χ0v) is 10.2. The fraction of sp³-hybridized carbons (Fsp3) is 0.500. The van der Waals surface area contributed by atoms with Crippen molar-refractivity contribution in [3.8, 4) is 0 Å². The number of ether oxygens (including phenoxy) is 1. The molecule has 1 rings (SSSR count). The number of carboxylic acid groups (broad SMARTS) is 1. The van der Waals surface area contributed by atoms with Crippen LogP contribution in [0.15, 0.2) is 0 Å². The lowest BCUT2D eigenvalue weighted by Crippen LogP contribution is -2.32. The van der Waals surface area contributed by atoms with E-state index in [1.807, 2.05) is 0 Å². The molecule has 1 aromatic rings. The molecule has 0 atom stereocenters. The van der Waals surface area contributed by atoms with Crippen LogP contribution in [0.3, 0.4) is 0 Å². The first-order valence-electron chi connectivity index (χ1n) is 5.25. The Kier molecular flexibility index (Phi) is 4.82. The quantitative estimate of drug-likeness (QED) is 0.772. The first kappa shape index (κ1) is 16.1. The summed E-state index contributed by atoms with van der Waals surface area (Å²) in [5, 5.41) is 8.81. The molecule has 10 heteroatoms. The maximum absolute atomic E-state index is 12.6. The lowest BCUT2D eigenvalue weighted by Gasteiger charge is -2.15. The van der Waals surface area contributed by atoms with E-state index in [0.717, 1.165) is 0 Å². The van der Waals surface area contributed by atoms with E-state index in [0.29, 0.717) is 0 Å². The smallest absolute Gasteiger partial charge is 0.341 e. The van der Waals surface area contributed by atoms with Crippen LogP contribution < -0.4 is 5.73 Å². The summed E-state index contributed by atoms with van der Waals surface area (Å²) >= 11 is 0. The Morgan fingerprint density at radius 3 is 2.50 bits per heavy atom. The Bertz CT molecular complexity index is 488. The van der Waals surface area contributed by atoms with Crippen molar-refractivity contribution in [1.29, 1.82) is 0 Å². The number of carboxylic acids is 1. The van der Waals surface area contributed by atoms with Crippen LogP contribution in [0.4, 0.5) is 23.4 Å². The number of hydrogen-bond donors (Lipinski definition) is 2. The van der Waals surface area contributed by atoms with E-state index in [1.54, 1.807) is 0 Å². The highest BCUT2D eigenvalue weighted by Crippen LogP contribution is 2.23. The van der Waals surface area contributed by atoms with Crippen LogP contribution in [0.2, 0.25) is 0 Å². The number of carbonyl (C=O) groups is 1. The Labute approximate surface area is 110 Å². The molecule has 0 spiro atoms. The third-order valence-corrected chi connectivity index (χ3v) is 2.22. The summed E-state index contributed by atoms with van der Waals surface area (Å²) in [6.07, 6.45) is -3.84. The van der Waals surface area contributed by atoms with Gasteiger partial charge in [-0.3, -0.25) is 0 Å². The number of rotatable bonds is 6. The van der Waals surface area contributed by atoms with Gasteiger partial charge < -0.3 is 15.6 Å². The Hall–Kier alpha value is -1.97. The standard InChI is InChI=1S/C10H11F4N3O3/c1-4-6(8(18)19)7(15)17-5(16-4)2-20-3-10(13,14)9(11)12/h9H,2-3H2,1H3,(H,18,19)(H2,15,16,17). The lowest BCUT2D eigenvalue weighted by molar-refractivity contribution is -0.168.